The summed E-state index contributed by atoms with van der Waals surface area (Å²) in [5.41, 5.74) is 3.41. The fraction of sp³-hybridized carbons (Fsp3) is 0.207. The summed E-state index contributed by atoms with van der Waals surface area (Å²) < 4.78 is 17.7. The first-order valence-electron chi connectivity index (χ1n) is 12.4. The van der Waals surface area contributed by atoms with Gasteiger partial charge in [0.15, 0.2) is 11.5 Å². The van der Waals surface area contributed by atoms with Crippen molar-refractivity contribution in [1.82, 2.24) is 14.8 Å². The number of fused-ring (bicyclic) bond motifs is 1. The van der Waals surface area contributed by atoms with Crippen molar-refractivity contribution in [3.8, 4) is 23.0 Å². The normalized spacial score (nSPS) is 14.2. The predicted molar refractivity (Wildman–Crippen MR) is 153 cm³/mol. The van der Waals surface area contributed by atoms with E-state index in [2.05, 4.69) is 10.6 Å². The molecule has 1 aromatic heterocycles. The van der Waals surface area contributed by atoms with E-state index in [1.54, 1.807) is 48.2 Å². The number of allylic oxidation sites excluding steroid dienone is 1. The highest BCUT2D eigenvalue weighted by atomic mass is 32.2. The van der Waals surface area contributed by atoms with Crippen molar-refractivity contribution in [3.05, 3.63) is 89.1 Å². The number of carbonyl (C=O) groups is 1. The van der Waals surface area contributed by atoms with Crippen LogP contribution in [0.4, 0.5) is 11.6 Å². The number of aromatic nitrogens is 3. The first-order valence-corrected chi connectivity index (χ1v) is 13.4. The Labute approximate surface area is 236 Å². The summed E-state index contributed by atoms with van der Waals surface area (Å²) >= 11 is 1.50. The number of phenols is 1. The molecular weight excluding hydrogens is 530 g/mol. The molecule has 0 unspecified atom stereocenters. The molecule has 1 aliphatic rings. The van der Waals surface area contributed by atoms with Crippen molar-refractivity contribution in [2.45, 2.75) is 23.9 Å². The number of phenolic OH excluding ortho intramolecular Hbond substituents is 1. The molecule has 1 aliphatic heterocycles. The minimum absolute atomic E-state index is 0.134. The van der Waals surface area contributed by atoms with Gasteiger partial charge in [0.05, 0.1) is 26.9 Å². The Morgan fingerprint density at radius 2 is 1.70 bits per heavy atom. The molecule has 5 rings (SSSR count). The van der Waals surface area contributed by atoms with Gasteiger partial charge in [-0.2, -0.15) is 4.98 Å². The number of methoxy groups -OCH3 is 3. The van der Waals surface area contributed by atoms with Crippen LogP contribution in [0, 0.1) is 0 Å². The molecule has 0 spiro atoms. The van der Waals surface area contributed by atoms with Crippen molar-refractivity contribution in [3.63, 3.8) is 0 Å². The minimum atomic E-state index is -0.698. The molecule has 1 atom stereocenters. The van der Waals surface area contributed by atoms with E-state index < -0.39 is 6.04 Å². The molecule has 4 aromatic rings. The maximum absolute atomic E-state index is 13.8. The fourth-order valence-electron chi connectivity index (χ4n) is 4.46. The van der Waals surface area contributed by atoms with E-state index in [1.165, 1.54) is 26.0 Å². The van der Waals surface area contributed by atoms with E-state index in [4.69, 9.17) is 24.3 Å². The zero-order chi connectivity index (χ0) is 28.2. The van der Waals surface area contributed by atoms with Gasteiger partial charge in [-0.25, -0.2) is 4.68 Å². The molecule has 0 fully saturated rings. The lowest BCUT2D eigenvalue weighted by Crippen LogP contribution is -2.31. The van der Waals surface area contributed by atoms with Gasteiger partial charge in [-0.3, -0.25) is 4.79 Å². The molecule has 3 aromatic carbocycles. The van der Waals surface area contributed by atoms with Crippen molar-refractivity contribution in [1.29, 1.82) is 0 Å². The highest BCUT2D eigenvalue weighted by molar-refractivity contribution is 7.98. The van der Waals surface area contributed by atoms with Gasteiger partial charge >= 0.3 is 0 Å². The molecule has 1 amide bonds. The summed E-state index contributed by atoms with van der Waals surface area (Å²) in [5, 5.41) is 22.1. The van der Waals surface area contributed by atoms with Crippen LogP contribution in [0.1, 0.15) is 24.1 Å². The van der Waals surface area contributed by atoms with Crippen LogP contribution in [0.3, 0.4) is 0 Å². The highest BCUT2D eigenvalue weighted by Crippen LogP contribution is 2.43. The van der Waals surface area contributed by atoms with Gasteiger partial charge in [0, 0.05) is 17.1 Å². The van der Waals surface area contributed by atoms with Crippen LogP contribution in [0.15, 0.2) is 83.2 Å². The summed E-state index contributed by atoms with van der Waals surface area (Å²) in [5.74, 6) is 1.82. The van der Waals surface area contributed by atoms with Crippen LogP contribution in [-0.4, -0.2) is 47.1 Å². The number of nitrogens with zero attached hydrogens (tertiary/aromatic N) is 3. The molecule has 11 heteroatoms. The van der Waals surface area contributed by atoms with Crippen molar-refractivity contribution in [2.75, 3.05) is 32.0 Å². The third-order valence-corrected chi connectivity index (χ3v) is 7.36. The van der Waals surface area contributed by atoms with Crippen LogP contribution in [-0.2, 0) is 10.5 Å². The van der Waals surface area contributed by atoms with Gasteiger partial charge in [-0.15, -0.1) is 5.10 Å². The Balaban J connectivity index is 1.55. The number of hydrogen-bond donors (Lipinski definition) is 3. The standard InChI is InChI=1S/C29H29N5O5S/c1-17-24(27(36)31-20-10-12-21(37-2)13-11-20)25(19-14-22(38-3)26(35)23(15-19)39-4)34-28(30-17)32-29(33-34)40-16-18-8-6-5-7-9-18/h5-15,25,35H,16H2,1-4H3,(H,31,36)(H,30,32,33)/t25-/m0/s1. The third-order valence-electron chi connectivity index (χ3n) is 6.45. The van der Waals surface area contributed by atoms with Crippen LogP contribution in [0.2, 0.25) is 0 Å². The van der Waals surface area contributed by atoms with Gasteiger partial charge in [0.25, 0.3) is 5.91 Å². The van der Waals surface area contributed by atoms with Gasteiger partial charge in [-0.1, -0.05) is 42.1 Å². The summed E-state index contributed by atoms with van der Waals surface area (Å²) in [6, 6.07) is 19.8. The summed E-state index contributed by atoms with van der Waals surface area (Å²) in [7, 11) is 4.50. The van der Waals surface area contributed by atoms with E-state index >= 15 is 0 Å². The average Bonchev–Trinajstić information content (AvgIpc) is 3.38. The van der Waals surface area contributed by atoms with Crippen LogP contribution < -0.4 is 24.8 Å². The average molecular weight is 560 g/mol. The first kappa shape index (κ1) is 26.9. The quantitative estimate of drug-likeness (QED) is 0.237. The smallest absolute Gasteiger partial charge is 0.255 e. The number of carbonyl (C=O) groups excluding carboxylic acids is 1. The maximum Gasteiger partial charge on any atom is 0.255 e. The molecule has 3 N–H and O–H groups in total. The number of aromatic hydroxyl groups is 1. The van der Waals surface area contributed by atoms with Crippen molar-refractivity contribution < 1.29 is 24.1 Å². The molecule has 0 saturated heterocycles. The Bertz CT molecular complexity index is 1530. The second-order valence-corrected chi connectivity index (χ2v) is 9.90. The second-order valence-electron chi connectivity index (χ2n) is 8.96. The molecular formula is C29H29N5O5S. The largest absolute Gasteiger partial charge is 0.502 e. The Morgan fingerprint density at radius 1 is 1.02 bits per heavy atom. The van der Waals surface area contributed by atoms with Gasteiger partial charge in [0.2, 0.25) is 16.9 Å². The first-order chi connectivity index (χ1) is 19.4. The molecule has 0 saturated carbocycles. The summed E-state index contributed by atoms with van der Waals surface area (Å²) in [6.45, 7) is 1.82. The van der Waals surface area contributed by atoms with Crippen LogP contribution in [0.25, 0.3) is 0 Å². The predicted octanol–water partition coefficient (Wildman–Crippen LogP) is 5.23. The fourth-order valence-corrected chi connectivity index (χ4v) is 5.25. The Morgan fingerprint density at radius 3 is 2.33 bits per heavy atom. The lowest BCUT2D eigenvalue weighted by molar-refractivity contribution is -0.113. The molecule has 0 radical (unpaired) electrons. The number of hydrogen-bond acceptors (Lipinski definition) is 9. The van der Waals surface area contributed by atoms with E-state index in [1.807, 2.05) is 37.3 Å². The van der Waals surface area contributed by atoms with Gasteiger partial charge in [-0.05, 0) is 54.4 Å². The lowest BCUT2D eigenvalue weighted by atomic mass is 9.94. The second kappa shape index (κ2) is 11.6. The number of nitrogens with one attached hydrogen (secondary N) is 2. The molecule has 10 nitrogen and oxygen atoms in total. The van der Waals surface area contributed by atoms with E-state index in [9.17, 15) is 9.90 Å². The Hall–Kier alpha value is -4.64. The Kier molecular flexibility index (Phi) is 7.83. The topological polar surface area (TPSA) is 120 Å². The van der Waals surface area contributed by atoms with E-state index in [0.29, 0.717) is 45.1 Å². The van der Waals surface area contributed by atoms with E-state index in [-0.39, 0.29) is 23.2 Å². The minimum Gasteiger partial charge on any atom is -0.502 e. The van der Waals surface area contributed by atoms with Crippen molar-refractivity contribution >= 4 is 29.3 Å². The number of amides is 1. The summed E-state index contributed by atoms with van der Waals surface area (Å²) in [4.78, 5) is 18.5. The molecule has 40 heavy (non-hydrogen) atoms. The van der Waals surface area contributed by atoms with Gasteiger partial charge in [0.1, 0.15) is 11.8 Å². The zero-order valence-electron chi connectivity index (χ0n) is 22.5. The van der Waals surface area contributed by atoms with Crippen LogP contribution in [0.5, 0.6) is 23.0 Å². The monoisotopic (exact) mass is 559 g/mol. The lowest BCUT2D eigenvalue weighted by Gasteiger charge is -2.29. The zero-order valence-corrected chi connectivity index (χ0v) is 23.3. The van der Waals surface area contributed by atoms with Gasteiger partial charge < -0.3 is 30.0 Å². The highest BCUT2D eigenvalue weighted by Gasteiger charge is 2.35. The molecule has 206 valence electrons. The molecule has 0 bridgehead atoms. The summed E-state index contributed by atoms with van der Waals surface area (Å²) in [6.07, 6.45) is 0. The molecule has 2 heterocycles. The maximum atomic E-state index is 13.8. The third kappa shape index (κ3) is 5.41. The molecule has 0 aliphatic carbocycles. The number of benzene rings is 3. The van der Waals surface area contributed by atoms with Crippen molar-refractivity contribution in [2.24, 2.45) is 0 Å². The van der Waals surface area contributed by atoms with Crippen LogP contribution >= 0.6 is 11.8 Å². The number of ether oxygens (including phenoxy) is 3. The van der Waals surface area contributed by atoms with E-state index in [0.717, 1.165) is 5.56 Å². The number of anilines is 2. The number of thioether (sulfide) groups is 1. The SMILES string of the molecule is COc1ccc(NC(=O)C2=C(C)Nc3nc(SCc4ccccc4)nn3[C@H]2c2cc(OC)c(O)c(OC)c2)cc1. The number of rotatable bonds is 9.